The lowest BCUT2D eigenvalue weighted by molar-refractivity contribution is 0.437. The van der Waals surface area contributed by atoms with Crippen LogP contribution in [0.25, 0.3) is 0 Å². The highest BCUT2D eigenvalue weighted by Gasteiger charge is 2.34. The van der Waals surface area contributed by atoms with E-state index >= 15 is 0 Å². The van der Waals surface area contributed by atoms with Gasteiger partial charge in [-0.25, -0.2) is 4.39 Å². The van der Waals surface area contributed by atoms with Gasteiger partial charge in [-0.3, -0.25) is 5.14 Å². The van der Waals surface area contributed by atoms with Crippen molar-refractivity contribution in [2.45, 2.75) is 4.75 Å². The van der Waals surface area contributed by atoms with Gasteiger partial charge in [0.05, 0.1) is 0 Å². The Kier molecular flexibility index (Phi) is 3.82. The highest BCUT2D eigenvalue weighted by molar-refractivity contribution is 7.98. The van der Waals surface area contributed by atoms with Gasteiger partial charge in [0.15, 0.2) is 0 Å². The second kappa shape index (κ2) is 5.34. The second-order valence-corrected chi connectivity index (χ2v) is 4.74. The second-order valence-electron chi connectivity index (χ2n) is 3.81. The summed E-state index contributed by atoms with van der Waals surface area (Å²) in [7, 11) is 0. The first-order valence-corrected chi connectivity index (χ1v) is 6.26. The molecule has 2 rings (SSSR count). The Labute approximate surface area is 105 Å². The van der Waals surface area contributed by atoms with Gasteiger partial charge in [0, 0.05) is 0 Å². The van der Waals surface area contributed by atoms with Gasteiger partial charge in [-0.2, -0.15) is 0 Å². The van der Waals surface area contributed by atoms with E-state index in [2.05, 4.69) is 0 Å². The third-order valence-electron chi connectivity index (χ3n) is 2.87. The summed E-state index contributed by atoms with van der Waals surface area (Å²) >= 11 is 1.05. The van der Waals surface area contributed by atoms with Crippen molar-refractivity contribution >= 4 is 11.9 Å². The molecule has 0 aliphatic heterocycles. The van der Waals surface area contributed by atoms with Crippen LogP contribution in [0.2, 0.25) is 0 Å². The summed E-state index contributed by atoms with van der Waals surface area (Å²) in [6, 6.07) is 19.1. The number of nitrogens with two attached hydrogens (primary N) is 1. The Morgan fingerprint density at radius 1 is 0.882 bits per heavy atom. The predicted molar refractivity (Wildman–Crippen MR) is 71.4 cm³/mol. The van der Waals surface area contributed by atoms with E-state index in [1.807, 2.05) is 60.7 Å². The third kappa shape index (κ3) is 2.21. The molecule has 17 heavy (non-hydrogen) atoms. The van der Waals surface area contributed by atoms with E-state index in [9.17, 15) is 4.39 Å². The average molecular weight is 247 g/mol. The molecule has 88 valence electrons. The summed E-state index contributed by atoms with van der Waals surface area (Å²) in [5, 5.41) is 5.76. The van der Waals surface area contributed by atoms with Crippen molar-refractivity contribution in [2.24, 2.45) is 5.14 Å². The van der Waals surface area contributed by atoms with Crippen molar-refractivity contribution in [2.75, 3.05) is 6.67 Å². The molecule has 0 aromatic heterocycles. The minimum absolute atomic E-state index is 0.526. The molecular formula is C14H14FNS. The molecule has 0 unspecified atom stereocenters. The molecule has 0 aliphatic carbocycles. The van der Waals surface area contributed by atoms with Crippen molar-refractivity contribution in [1.29, 1.82) is 0 Å². The topological polar surface area (TPSA) is 26.0 Å². The summed E-state index contributed by atoms with van der Waals surface area (Å²) < 4.78 is 12.8. The molecule has 0 aliphatic rings. The summed E-state index contributed by atoms with van der Waals surface area (Å²) in [6.07, 6.45) is 0. The number of halogens is 1. The van der Waals surface area contributed by atoms with E-state index in [0.29, 0.717) is 0 Å². The van der Waals surface area contributed by atoms with Gasteiger partial charge in [-0.15, -0.1) is 0 Å². The number of benzene rings is 2. The number of rotatable bonds is 4. The van der Waals surface area contributed by atoms with Crippen LogP contribution >= 0.6 is 11.9 Å². The van der Waals surface area contributed by atoms with Crippen LogP contribution in [0.5, 0.6) is 0 Å². The molecule has 3 heteroatoms. The lowest BCUT2D eigenvalue weighted by atomic mass is 9.91. The van der Waals surface area contributed by atoms with Gasteiger partial charge in [0.2, 0.25) is 0 Å². The minimum Gasteiger partial charge on any atom is -0.277 e. The molecule has 0 saturated carbocycles. The molecular weight excluding hydrogens is 233 g/mol. The van der Waals surface area contributed by atoms with Crippen LogP contribution in [0, 0.1) is 0 Å². The quantitative estimate of drug-likeness (QED) is 0.837. The number of alkyl halides is 1. The molecule has 0 atom stereocenters. The molecule has 2 N–H and O–H groups in total. The molecule has 0 bridgehead atoms. The van der Waals surface area contributed by atoms with Crippen LogP contribution in [0.4, 0.5) is 4.39 Å². The van der Waals surface area contributed by atoms with Crippen LogP contribution in [-0.4, -0.2) is 6.67 Å². The Balaban J connectivity index is 2.54. The average Bonchev–Trinajstić information content (AvgIpc) is 2.43. The fourth-order valence-electron chi connectivity index (χ4n) is 1.90. The van der Waals surface area contributed by atoms with Crippen molar-refractivity contribution < 1.29 is 4.39 Å². The Hall–Kier alpha value is -1.32. The van der Waals surface area contributed by atoms with Crippen molar-refractivity contribution in [3.05, 3.63) is 71.8 Å². The SMILES string of the molecule is NSC(CF)(c1ccccc1)c1ccccc1. The van der Waals surface area contributed by atoms with E-state index in [0.717, 1.165) is 23.1 Å². The number of hydrogen-bond donors (Lipinski definition) is 1. The molecule has 0 amide bonds. The van der Waals surface area contributed by atoms with E-state index in [-0.39, 0.29) is 0 Å². The van der Waals surface area contributed by atoms with Crippen molar-refractivity contribution in [1.82, 2.24) is 0 Å². The Morgan fingerprint density at radius 2 is 1.29 bits per heavy atom. The van der Waals surface area contributed by atoms with E-state index in [4.69, 9.17) is 5.14 Å². The highest BCUT2D eigenvalue weighted by atomic mass is 32.2. The zero-order valence-corrected chi connectivity index (χ0v) is 10.2. The summed E-state index contributed by atoms with van der Waals surface area (Å²) in [5.74, 6) is 0. The van der Waals surface area contributed by atoms with Gasteiger partial charge in [-0.05, 0) is 11.1 Å². The standard InChI is InChI=1S/C14H14FNS/c15-11-14(17-16,12-7-3-1-4-8-12)13-9-5-2-6-10-13/h1-10H,11,16H2. The smallest absolute Gasteiger partial charge is 0.114 e. The maximum absolute atomic E-state index is 13.6. The van der Waals surface area contributed by atoms with Gasteiger partial charge in [-0.1, -0.05) is 72.6 Å². The fraction of sp³-hybridized carbons (Fsp3) is 0.143. The molecule has 0 heterocycles. The predicted octanol–water partition coefficient (Wildman–Crippen LogP) is 3.51. The lowest BCUT2D eigenvalue weighted by Crippen LogP contribution is -2.28. The molecule has 0 spiro atoms. The zero-order chi connectivity index (χ0) is 12.1. The van der Waals surface area contributed by atoms with Gasteiger partial charge < -0.3 is 0 Å². The largest absolute Gasteiger partial charge is 0.277 e. The normalized spacial score (nSPS) is 11.4. The van der Waals surface area contributed by atoms with Gasteiger partial charge in [0.25, 0.3) is 0 Å². The Morgan fingerprint density at radius 3 is 1.59 bits per heavy atom. The van der Waals surface area contributed by atoms with Gasteiger partial charge >= 0.3 is 0 Å². The van der Waals surface area contributed by atoms with Crippen LogP contribution in [0.3, 0.4) is 0 Å². The molecule has 2 aromatic rings. The maximum atomic E-state index is 13.6. The summed E-state index contributed by atoms with van der Waals surface area (Å²) in [6.45, 7) is -0.526. The molecule has 2 aromatic carbocycles. The monoisotopic (exact) mass is 247 g/mol. The fourth-order valence-corrected chi connectivity index (χ4v) is 2.51. The summed E-state index contributed by atoms with van der Waals surface area (Å²) in [4.78, 5) is 0. The van der Waals surface area contributed by atoms with Crippen molar-refractivity contribution in [3.63, 3.8) is 0 Å². The molecule has 1 nitrogen and oxygen atoms in total. The first-order valence-electron chi connectivity index (χ1n) is 5.38. The van der Waals surface area contributed by atoms with Crippen LogP contribution in [0.1, 0.15) is 11.1 Å². The van der Waals surface area contributed by atoms with Crippen LogP contribution in [0.15, 0.2) is 60.7 Å². The molecule has 0 saturated heterocycles. The van der Waals surface area contributed by atoms with E-state index in [1.54, 1.807) is 0 Å². The molecule has 0 radical (unpaired) electrons. The zero-order valence-electron chi connectivity index (χ0n) is 9.34. The number of hydrogen-bond acceptors (Lipinski definition) is 2. The van der Waals surface area contributed by atoms with E-state index in [1.165, 1.54) is 0 Å². The van der Waals surface area contributed by atoms with Crippen LogP contribution < -0.4 is 5.14 Å². The first kappa shape index (κ1) is 12.1. The summed E-state index contributed by atoms with van der Waals surface area (Å²) in [5.41, 5.74) is 1.78. The minimum atomic E-state index is -0.803. The van der Waals surface area contributed by atoms with Crippen LogP contribution in [-0.2, 0) is 4.75 Å². The van der Waals surface area contributed by atoms with E-state index < -0.39 is 11.4 Å². The highest BCUT2D eigenvalue weighted by Crippen LogP contribution is 2.40. The molecule has 0 fully saturated rings. The lowest BCUT2D eigenvalue weighted by Gasteiger charge is -2.29. The third-order valence-corrected chi connectivity index (χ3v) is 3.85. The first-order chi connectivity index (χ1) is 8.33. The van der Waals surface area contributed by atoms with Gasteiger partial charge in [0.1, 0.15) is 11.4 Å². The Bertz CT molecular complexity index is 413. The van der Waals surface area contributed by atoms with Crippen molar-refractivity contribution in [3.8, 4) is 0 Å². The maximum Gasteiger partial charge on any atom is 0.114 e.